The van der Waals surface area contributed by atoms with Crippen LogP contribution < -0.4 is 5.73 Å². The second-order valence-corrected chi connectivity index (χ2v) is 3.94. The Morgan fingerprint density at radius 2 is 2.36 bits per heavy atom. The smallest absolute Gasteiger partial charge is 0.307 e. The van der Waals surface area contributed by atoms with Gasteiger partial charge in [0.05, 0.1) is 5.92 Å². The van der Waals surface area contributed by atoms with Crippen LogP contribution in [0.4, 0.5) is 5.95 Å². The van der Waals surface area contributed by atoms with Crippen molar-refractivity contribution in [2.75, 3.05) is 11.5 Å². The molecule has 0 radical (unpaired) electrons. The van der Waals surface area contributed by atoms with E-state index >= 15 is 0 Å². The van der Waals surface area contributed by atoms with E-state index in [1.807, 2.05) is 0 Å². The Morgan fingerprint density at radius 3 is 2.79 bits per heavy atom. The van der Waals surface area contributed by atoms with Crippen LogP contribution in [0.5, 0.6) is 0 Å². The number of nitrogen functional groups attached to an aromatic ring is 1. The molecule has 0 aromatic carbocycles. The van der Waals surface area contributed by atoms with Crippen LogP contribution in [-0.2, 0) is 11.8 Å². The van der Waals surface area contributed by atoms with E-state index in [0.717, 1.165) is 0 Å². The van der Waals surface area contributed by atoms with Crippen molar-refractivity contribution >= 4 is 23.7 Å². The van der Waals surface area contributed by atoms with Crippen LogP contribution in [0.15, 0.2) is 5.16 Å². The Kier molecular flexibility index (Phi) is 3.34. The summed E-state index contributed by atoms with van der Waals surface area (Å²) in [6, 6.07) is 0. The number of aromatic nitrogens is 3. The van der Waals surface area contributed by atoms with Crippen molar-refractivity contribution in [3.05, 3.63) is 0 Å². The van der Waals surface area contributed by atoms with Gasteiger partial charge in [0, 0.05) is 12.8 Å². The number of hydrogen-bond donors (Lipinski definition) is 2. The van der Waals surface area contributed by atoms with Crippen molar-refractivity contribution in [3.8, 4) is 0 Å². The molecule has 0 aliphatic heterocycles. The highest BCUT2D eigenvalue weighted by Gasteiger charge is 2.13. The van der Waals surface area contributed by atoms with Gasteiger partial charge in [-0.1, -0.05) is 18.7 Å². The summed E-state index contributed by atoms with van der Waals surface area (Å²) in [4.78, 5) is 10.5. The molecule has 1 atom stereocenters. The Balaban J connectivity index is 2.54. The van der Waals surface area contributed by atoms with Gasteiger partial charge in [0.1, 0.15) is 0 Å². The summed E-state index contributed by atoms with van der Waals surface area (Å²) in [6.07, 6.45) is 0. The Bertz CT molecular complexity index is 338. The van der Waals surface area contributed by atoms with Gasteiger partial charge in [-0.3, -0.25) is 9.36 Å². The lowest BCUT2D eigenvalue weighted by molar-refractivity contribution is -0.140. The van der Waals surface area contributed by atoms with Crippen LogP contribution in [0.2, 0.25) is 0 Å². The van der Waals surface area contributed by atoms with Gasteiger partial charge in [0.25, 0.3) is 0 Å². The lowest BCUT2D eigenvalue weighted by Crippen LogP contribution is -2.12. The zero-order chi connectivity index (χ0) is 10.7. The minimum Gasteiger partial charge on any atom is -0.481 e. The summed E-state index contributed by atoms with van der Waals surface area (Å²) < 4.78 is 1.62. The van der Waals surface area contributed by atoms with Crippen molar-refractivity contribution in [2.45, 2.75) is 12.1 Å². The van der Waals surface area contributed by atoms with Gasteiger partial charge in [-0.25, -0.2) is 0 Å². The van der Waals surface area contributed by atoms with E-state index < -0.39 is 11.9 Å². The van der Waals surface area contributed by atoms with E-state index in [1.54, 1.807) is 18.5 Å². The maximum atomic E-state index is 10.5. The van der Waals surface area contributed by atoms with Gasteiger partial charge in [-0.05, 0) is 0 Å². The molecule has 1 aromatic heterocycles. The Hall–Kier alpha value is -1.24. The van der Waals surface area contributed by atoms with Gasteiger partial charge in [0.15, 0.2) is 5.16 Å². The Labute approximate surface area is 85.5 Å². The van der Waals surface area contributed by atoms with E-state index in [1.165, 1.54) is 11.8 Å². The molecule has 6 nitrogen and oxygen atoms in total. The van der Waals surface area contributed by atoms with Crippen LogP contribution in [0.25, 0.3) is 0 Å². The first-order valence-corrected chi connectivity index (χ1v) is 5.01. The van der Waals surface area contributed by atoms with E-state index in [4.69, 9.17) is 10.8 Å². The Morgan fingerprint density at radius 1 is 1.71 bits per heavy atom. The van der Waals surface area contributed by atoms with Crippen molar-refractivity contribution in [1.29, 1.82) is 0 Å². The predicted molar refractivity (Wildman–Crippen MR) is 52.9 cm³/mol. The number of carbonyl (C=O) groups is 1. The van der Waals surface area contributed by atoms with Gasteiger partial charge in [-0.15, -0.1) is 10.2 Å². The number of hydrogen-bond acceptors (Lipinski definition) is 5. The summed E-state index contributed by atoms with van der Waals surface area (Å²) in [5.41, 5.74) is 5.47. The zero-order valence-corrected chi connectivity index (χ0v) is 8.78. The second-order valence-electron chi connectivity index (χ2n) is 2.95. The molecule has 1 aromatic rings. The lowest BCUT2D eigenvalue weighted by atomic mass is 10.2. The molecule has 14 heavy (non-hydrogen) atoms. The minimum absolute atomic E-state index is 0.329. The normalized spacial score (nSPS) is 12.7. The van der Waals surface area contributed by atoms with Crippen LogP contribution in [0, 0.1) is 5.92 Å². The first-order chi connectivity index (χ1) is 6.52. The summed E-state index contributed by atoms with van der Waals surface area (Å²) in [6.45, 7) is 1.65. The minimum atomic E-state index is -0.812. The van der Waals surface area contributed by atoms with Crippen molar-refractivity contribution in [1.82, 2.24) is 14.8 Å². The number of carboxylic acids is 1. The highest BCUT2D eigenvalue weighted by molar-refractivity contribution is 7.99. The third kappa shape index (κ3) is 2.38. The number of rotatable bonds is 4. The van der Waals surface area contributed by atoms with Gasteiger partial charge >= 0.3 is 5.97 Å². The number of nitrogens with zero attached hydrogens (tertiary/aromatic N) is 3. The standard InChI is InChI=1S/C7H12N4O2S/c1-4(5(12)13)3-14-7-10-9-6(8)11(7)2/h4H,3H2,1-2H3,(H2,8,9)(H,12,13). The average Bonchev–Trinajstić information content (AvgIpc) is 2.44. The molecule has 0 aliphatic rings. The largest absolute Gasteiger partial charge is 0.481 e. The molecule has 0 spiro atoms. The topological polar surface area (TPSA) is 94.0 Å². The fourth-order valence-electron chi connectivity index (χ4n) is 0.723. The predicted octanol–water partition coefficient (Wildman–Crippen LogP) is 0.210. The molecule has 0 amide bonds. The van der Waals surface area contributed by atoms with Crippen molar-refractivity contribution in [2.24, 2.45) is 13.0 Å². The fraction of sp³-hybridized carbons (Fsp3) is 0.571. The molecule has 1 rings (SSSR count). The molecule has 0 aliphatic carbocycles. The molecule has 7 heteroatoms. The first kappa shape index (κ1) is 10.8. The van der Waals surface area contributed by atoms with E-state index in [9.17, 15) is 4.79 Å². The quantitative estimate of drug-likeness (QED) is 0.699. The van der Waals surface area contributed by atoms with Crippen LogP contribution in [0.1, 0.15) is 6.92 Å². The van der Waals surface area contributed by atoms with Crippen LogP contribution in [-0.4, -0.2) is 31.6 Å². The van der Waals surface area contributed by atoms with Crippen molar-refractivity contribution in [3.63, 3.8) is 0 Å². The molecule has 78 valence electrons. The third-order valence-corrected chi connectivity index (χ3v) is 3.03. The molecule has 1 unspecified atom stereocenters. The number of nitrogens with two attached hydrogens (primary N) is 1. The third-order valence-electron chi connectivity index (χ3n) is 1.75. The maximum absolute atomic E-state index is 10.5. The number of carboxylic acid groups (broad SMARTS) is 1. The average molecular weight is 216 g/mol. The number of thioether (sulfide) groups is 1. The number of aliphatic carboxylic acids is 1. The maximum Gasteiger partial charge on any atom is 0.307 e. The highest BCUT2D eigenvalue weighted by atomic mass is 32.2. The van der Waals surface area contributed by atoms with Gasteiger partial charge in [-0.2, -0.15) is 0 Å². The van der Waals surface area contributed by atoms with Crippen LogP contribution in [0.3, 0.4) is 0 Å². The van der Waals surface area contributed by atoms with Crippen molar-refractivity contribution < 1.29 is 9.90 Å². The molecule has 0 saturated heterocycles. The fourth-order valence-corrected chi connectivity index (χ4v) is 1.65. The second kappa shape index (κ2) is 4.32. The van der Waals surface area contributed by atoms with E-state index in [-0.39, 0.29) is 0 Å². The molecule has 3 N–H and O–H groups in total. The van der Waals surface area contributed by atoms with E-state index in [0.29, 0.717) is 16.9 Å². The molecule has 1 heterocycles. The summed E-state index contributed by atoms with van der Waals surface area (Å²) in [5, 5.41) is 16.8. The first-order valence-electron chi connectivity index (χ1n) is 4.03. The molecular formula is C7H12N4O2S. The molecular weight excluding hydrogens is 204 g/mol. The molecule has 0 bridgehead atoms. The summed E-state index contributed by atoms with van der Waals surface area (Å²) in [5.74, 6) is -0.428. The summed E-state index contributed by atoms with van der Waals surface area (Å²) >= 11 is 1.33. The monoisotopic (exact) mass is 216 g/mol. The van der Waals surface area contributed by atoms with Gasteiger partial charge in [0.2, 0.25) is 5.95 Å². The van der Waals surface area contributed by atoms with Gasteiger partial charge < -0.3 is 10.8 Å². The van der Waals surface area contributed by atoms with Crippen LogP contribution >= 0.6 is 11.8 Å². The summed E-state index contributed by atoms with van der Waals surface area (Å²) in [7, 11) is 1.74. The highest BCUT2D eigenvalue weighted by Crippen LogP contribution is 2.19. The molecule has 0 fully saturated rings. The molecule has 0 saturated carbocycles. The zero-order valence-electron chi connectivity index (χ0n) is 7.97. The van der Waals surface area contributed by atoms with E-state index in [2.05, 4.69) is 10.2 Å². The lowest BCUT2D eigenvalue weighted by Gasteiger charge is -2.04. The number of anilines is 1. The SMILES string of the molecule is CC(CSc1nnc(N)n1C)C(=O)O.